The normalized spacial score (nSPS) is 11.8. The Morgan fingerprint density at radius 2 is 2.25 bits per heavy atom. The van der Waals surface area contributed by atoms with Gasteiger partial charge in [-0.25, -0.2) is 13.8 Å². The molecular formula is C8H9F4N3O. The van der Waals surface area contributed by atoms with E-state index in [-0.39, 0.29) is 13.0 Å². The number of alkyl halides is 4. The van der Waals surface area contributed by atoms with E-state index in [2.05, 4.69) is 9.97 Å². The molecule has 1 amide bonds. The first-order valence-corrected chi connectivity index (χ1v) is 4.37. The van der Waals surface area contributed by atoms with Crippen molar-refractivity contribution in [3.8, 4) is 0 Å². The summed E-state index contributed by atoms with van der Waals surface area (Å²) in [7, 11) is 0. The second-order valence-electron chi connectivity index (χ2n) is 2.97. The Labute approximate surface area is 88.1 Å². The molecule has 0 atom stereocenters. The third-order valence-electron chi connectivity index (χ3n) is 1.78. The zero-order valence-corrected chi connectivity index (χ0v) is 8.01. The summed E-state index contributed by atoms with van der Waals surface area (Å²) in [6.07, 6.45) is -0.871. The van der Waals surface area contributed by atoms with Crippen molar-refractivity contribution in [2.24, 2.45) is 0 Å². The summed E-state index contributed by atoms with van der Waals surface area (Å²) in [6, 6.07) is 0. The van der Waals surface area contributed by atoms with Crippen LogP contribution in [0.1, 0.15) is 5.82 Å². The largest absolute Gasteiger partial charge is 0.383 e. The first-order chi connectivity index (χ1) is 7.44. The van der Waals surface area contributed by atoms with Crippen molar-refractivity contribution in [3.05, 3.63) is 18.2 Å². The van der Waals surface area contributed by atoms with Crippen LogP contribution in [0.15, 0.2) is 12.4 Å². The number of aromatic nitrogens is 2. The molecule has 0 spiro atoms. The smallest absolute Gasteiger partial charge is 0.350 e. The number of H-pyrrole nitrogens is 1. The molecule has 90 valence electrons. The zero-order valence-electron chi connectivity index (χ0n) is 8.01. The number of imidazole rings is 1. The lowest BCUT2D eigenvalue weighted by molar-refractivity contribution is -0.169. The van der Waals surface area contributed by atoms with Crippen molar-refractivity contribution in [1.29, 1.82) is 0 Å². The Morgan fingerprint density at radius 3 is 2.75 bits per heavy atom. The number of hydrogen-bond donors (Lipinski definition) is 2. The first-order valence-electron chi connectivity index (χ1n) is 4.37. The van der Waals surface area contributed by atoms with E-state index in [9.17, 15) is 22.4 Å². The quantitative estimate of drug-likeness (QED) is 0.752. The fourth-order valence-corrected chi connectivity index (χ4v) is 0.946. The number of nitrogens with zero attached hydrogens (tertiary/aromatic N) is 1. The zero-order chi connectivity index (χ0) is 12.2. The van der Waals surface area contributed by atoms with Gasteiger partial charge >= 0.3 is 12.3 Å². The third-order valence-corrected chi connectivity index (χ3v) is 1.78. The van der Waals surface area contributed by atoms with Gasteiger partial charge in [-0.2, -0.15) is 8.78 Å². The van der Waals surface area contributed by atoms with Crippen LogP contribution in [0.5, 0.6) is 0 Å². The van der Waals surface area contributed by atoms with Crippen molar-refractivity contribution in [3.63, 3.8) is 0 Å². The molecule has 1 aromatic rings. The van der Waals surface area contributed by atoms with Crippen LogP contribution in [0.4, 0.5) is 17.6 Å². The average molecular weight is 239 g/mol. The molecule has 0 fully saturated rings. The monoisotopic (exact) mass is 239 g/mol. The molecule has 1 aromatic heterocycles. The first kappa shape index (κ1) is 12.5. The summed E-state index contributed by atoms with van der Waals surface area (Å²) in [5.41, 5.74) is 0. The van der Waals surface area contributed by atoms with Crippen LogP contribution in [0.25, 0.3) is 0 Å². The molecule has 0 bridgehead atoms. The number of aromatic amines is 1. The number of carbonyl (C=O) groups excluding carboxylic acids is 1. The fourth-order valence-electron chi connectivity index (χ4n) is 0.946. The number of nitrogens with one attached hydrogen (secondary N) is 2. The summed E-state index contributed by atoms with van der Waals surface area (Å²) in [4.78, 5) is 17.1. The Kier molecular flexibility index (Phi) is 3.86. The number of rotatable bonds is 5. The highest BCUT2D eigenvalue weighted by molar-refractivity contribution is 5.83. The van der Waals surface area contributed by atoms with Gasteiger partial charge in [0.25, 0.3) is 5.91 Å². The molecule has 4 nitrogen and oxygen atoms in total. The minimum atomic E-state index is -4.65. The molecule has 0 unspecified atom stereocenters. The van der Waals surface area contributed by atoms with E-state index in [4.69, 9.17) is 0 Å². The summed E-state index contributed by atoms with van der Waals surface area (Å²) in [6.45, 7) is -0.186. The SMILES string of the molecule is O=C(NCCc1ncc[nH]1)C(F)(F)C(F)F. The molecule has 8 heteroatoms. The fraction of sp³-hybridized carbons (Fsp3) is 0.500. The van der Waals surface area contributed by atoms with Gasteiger partial charge in [-0.15, -0.1) is 0 Å². The van der Waals surface area contributed by atoms with Gasteiger partial charge in [0.05, 0.1) is 0 Å². The molecule has 0 saturated carbocycles. The minimum Gasteiger partial charge on any atom is -0.350 e. The third kappa shape index (κ3) is 2.94. The molecule has 2 N–H and O–H groups in total. The van der Waals surface area contributed by atoms with Gasteiger partial charge in [-0.3, -0.25) is 4.79 Å². The number of hydrogen-bond acceptors (Lipinski definition) is 2. The number of halogens is 4. The van der Waals surface area contributed by atoms with Gasteiger partial charge in [0.15, 0.2) is 0 Å². The van der Waals surface area contributed by atoms with Crippen molar-refractivity contribution >= 4 is 5.91 Å². The number of amides is 1. The van der Waals surface area contributed by atoms with E-state index in [1.807, 2.05) is 0 Å². The van der Waals surface area contributed by atoms with E-state index >= 15 is 0 Å². The summed E-state index contributed by atoms with van der Waals surface area (Å²) in [5.74, 6) is -6.15. The standard InChI is InChI=1S/C8H9F4N3O/c9-6(10)8(11,12)7(16)15-2-1-5-13-3-4-14-5/h3-4,6H,1-2H2,(H,13,14)(H,15,16). The molecular weight excluding hydrogens is 230 g/mol. The second-order valence-corrected chi connectivity index (χ2v) is 2.97. The van der Waals surface area contributed by atoms with Gasteiger partial charge in [-0.05, 0) is 0 Å². The highest BCUT2D eigenvalue weighted by Gasteiger charge is 2.48. The van der Waals surface area contributed by atoms with E-state index < -0.39 is 18.3 Å². The van der Waals surface area contributed by atoms with E-state index in [1.165, 1.54) is 12.4 Å². The molecule has 1 rings (SSSR count). The van der Waals surface area contributed by atoms with Crippen LogP contribution in [0.2, 0.25) is 0 Å². The predicted octanol–water partition coefficient (Wildman–Crippen LogP) is 0.969. The van der Waals surface area contributed by atoms with Gasteiger partial charge in [-0.1, -0.05) is 0 Å². The van der Waals surface area contributed by atoms with Gasteiger partial charge in [0.1, 0.15) is 5.82 Å². The van der Waals surface area contributed by atoms with Crippen LogP contribution in [0, 0.1) is 0 Å². The van der Waals surface area contributed by atoms with Gasteiger partial charge < -0.3 is 10.3 Å². The van der Waals surface area contributed by atoms with Crippen LogP contribution in [-0.2, 0) is 11.2 Å². The van der Waals surface area contributed by atoms with Crippen molar-refractivity contribution in [2.75, 3.05) is 6.54 Å². The summed E-state index contributed by atoms with van der Waals surface area (Å²) in [5, 5.41) is 1.71. The molecule has 0 radical (unpaired) electrons. The molecule has 0 aromatic carbocycles. The minimum absolute atomic E-state index is 0.165. The maximum atomic E-state index is 12.4. The predicted molar refractivity (Wildman–Crippen MR) is 46.3 cm³/mol. The van der Waals surface area contributed by atoms with E-state index in [1.54, 1.807) is 5.32 Å². The summed E-state index contributed by atoms with van der Waals surface area (Å²) >= 11 is 0. The van der Waals surface area contributed by atoms with Gasteiger partial charge in [0, 0.05) is 25.4 Å². The lowest BCUT2D eigenvalue weighted by Gasteiger charge is -2.14. The van der Waals surface area contributed by atoms with Crippen LogP contribution < -0.4 is 5.32 Å². The van der Waals surface area contributed by atoms with Gasteiger partial charge in [0.2, 0.25) is 0 Å². The highest BCUT2D eigenvalue weighted by atomic mass is 19.3. The Morgan fingerprint density at radius 1 is 1.56 bits per heavy atom. The summed E-state index contributed by atoms with van der Waals surface area (Å²) < 4.78 is 48.3. The topological polar surface area (TPSA) is 57.8 Å². The van der Waals surface area contributed by atoms with E-state index in [0.717, 1.165) is 0 Å². The molecule has 0 aliphatic carbocycles. The van der Waals surface area contributed by atoms with E-state index in [0.29, 0.717) is 5.82 Å². The molecule has 0 aliphatic rings. The van der Waals surface area contributed by atoms with Crippen LogP contribution in [0.3, 0.4) is 0 Å². The van der Waals surface area contributed by atoms with Crippen molar-refractivity contribution in [1.82, 2.24) is 15.3 Å². The number of carbonyl (C=O) groups is 1. The molecule has 0 aliphatic heterocycles. The van der Waals surface area contributed by atoms with Crippen LogP contribution >= 0.6 is 0 Å². The average Bonchev–Trinajstić information content (AvgIpc) is 2.70. The van der Waals surface area contributed by atoms with Crippen molar-refractivity contribution in [2.45, 2.75) is 18.8 Å². The maximum Gasteiger partial charge on any atom is 0.383 e. The highest BCUT2D eigenvalue weighted by Crippen LogP contribution is 2.22. The second kappa shape index (κ2) is 4.95. The lowest BCUT2D eigenvalue weighted by Crippen LogP contribution is -2.45. The Balaban J connectivity index is 2.36. The van der Waals surface area contributed by atoms with Crippen molar-refractivity contribution < 1.29 is 22.4 Å². The Bertz CT molecular complexity index is 339. The lowest BCUT2D eigenvalue weighted by atomic mass is 10.3. The Hall–Kier alpha value is -1.60. The molecule has 16 heavy (non-hydrogen) atoms. The maximum absolute atomic E-state index is 12.4. The molecule has 1 heterocycles. The van der Waals surface area contributed by atoms with Crippen LogP contribution in [-0.4, -0.2) is 34.8 Å². The molecule has 0 saturated heterocycles.